The molecule has 128 valence electrons. The summed E-state index contributed by atoms with van der Waals surface area (Å²) in [6.07, 6.45) is 5.37. The largest absolute Gasteiger partial charge is 0.469 e. The summed E-state index contributed by atoms with van der Waals surface area (Å²) in [5.74, 6) is -1.12. The van der Waals surface area contributed by atoms with Crippen molar-refractivity contribution in [1.29, 1.82) is 0 Å². The van der Waals surface area contributed by atoms with E-state index in [1.54, 1.807) is 6.08 Å². The third-order valence-corrected chi connectivity index (χ3v) is 5.17. The van der Waals surface area contributed by atoms with Crippen molar-refractivity contribution in [3.8, 4) is 0 Å². The van der Waals surface area contributed by atoms with E-state index in [1.165, 1.54) is 13.2 Å². The fourth-order valence-electron chi connectivity index (χ4n) is 3.90. The van der Waals surface area contributed by atoms with Gasteiger partial charge in [0.05, 0.1) is 7.11 Å². The van der Waals surface area contributed by atoms with E-state index in [0.29, 0.717) is 12.5 Å². The normalized spacial score (nSPS) is 29.6. The van der Waals surface area contributed by atoms with Crippen molar-refractivity contribution in [2.45, 2.75) is 37.5 Å². The molecule has 0 radical (unpaired) electrons. The van der Waals surface area contributed by atoms with Crippen molar-refractivity contribution in [3.05, 3.63) is 42.0 Å². The fourth-order valence-corrected chi connectivity index (χ4v) is 3.90. The number of carbonyl (C=O) groups excluding carboxylic acids is 2. The highest BCUT2D eigenvalue weighted by Crippen LogP contribution is 2.40. The molecule has 0 amide bonds. The number of methoxy groups -OCH3 is 1. The Balaban J connectivity index is 1.69. The zero-order chi connectivity index (χ0) is 17.1. The summed E-state index contributed by atoms with van der Waals surface area (Å²) < 4.78 is 10.6. The summed E-state index contributed by atoms with van der Waals surface area (Å²) in [5.41, 5.74) is 0.933. The maximum Gasteiger partial charge on any atom is 0.331 e. The Bertz CT molecular complexity index is 628. The molecule has 2 heterocycles. The minimum atomic E-state index is -0.418. The molecule has 0 spiro atoms. The summed E-state index contributed by atoms with van der Waals surface area (Å²) in [5, 5.41) is 0. The average Bonchev–Trinajstić information content (AvgIpc) is 2.83. The Morgan fingerprint density at radius 3 is 2.67 bits per heavy atom. The van der Waals surface area contributed by atoms with Crippen LogP contribution < -0.4 is 0 Å². The van der Waals surface area contributed by atoms with Crippen LogP contribution in [0.4, 0.5) is 0 Å². The Kier molecular flexibility index (Phi) is 5.00. The molecule has 0 aliphatic carbocycles. The molecule has 5 nitrogen and oxygen atoms in total. The van der Waals surface area contributed by atoms with Crippen LogP contribution in [0.1, 0.15) is 24.8 Å². The van der Waals surface area contributed by atoms with Crippen LogP contribution in [-0.2, 0) is 19.1 Å². The third kappa shape index (κ3) is 3.36. The number of fused-ring (bicyclic) bond motifs is 2. The Labute approximate surface area is 142 Å². The van der Waals surface area contributed by atoms with E-state index in [0.717, 1.165) is 18.4 Å². The molecule has 1 aromatic rings. The number of hydrogen-bond acceptors (Lipinski definition) is 5. The molecule has 4 atom stereocenters. The maximum atomic E-state index is 12.2. The highest BCUT2D eigenvalue weighted by atomic mass is 16.6. The van der Waals surface area contributed by atoms with Gasteiger partial charge in [0, 0.05) is 24.6 Å². The van der Waals surface area contributed by atoms with Crippen LogP contribution in [0.3, 0.4) is 0 Å². The second-order valence-corrected chi connectivity index (χ2v) is 6.47. The molecule has 2 saturated heterocycles. The fraction of sp³-hybridized carbons (Fsp3) is 0.474. The smallest absolute Gasteiger partial charge is 0.331 e. The van der Waals surface area contributed by atoms with Gasteiger partial charge < -0.3 is 9.47 Å². The lowest BCUT2D eigenvalue weighted by Gasteiger charge is -2.40. The van der Waals surface area contributed by atoms with Gasteiger partial charge in [-0.15, -0.1) is 0 Å². The summed E-state index contributed by atoms with van der Waals surface area (Å²) in [7, 11) is 3.42. The first kappa shape index (κ1) is 16.7. The van der Waals surface area contributed by atoms with Gasteiger partial charge >= 0.3 is 11.9 Å². The van der Waals surface area contributed by atoms with Gasteiger partial charge in [0.15, 0.2) is 0 Å². The number of carbonyl (C=O) groups is 2. The van der Waals surface area contributed by atoms with Crippen molar-refractivity contribution in [2.75, 3.05) is 14.2 Å². The molecule has 0 aromatic heterocycles. The molecular formula is C19H23NO4. The van der Waals surface area contributed by atoms with Gasteiger partial charge in [0.25, 0.3) is 0 Å². The molecule has 2 fully saturated rings. The van der Waals surface area contributed by atoms with Crippen molar-refractivity contribution >= 4 is 18.0 Å². The summed E-state index contributed by atoms with van der Waals surface area (Å²) >= 11 is 0. The predicted molar refractivity (Wildman–Crippen MR) is 90.1 cm³/mol. The van der Waals surface area contributed by atoms with Crippen molar-refractivity contribution < 1.29 is 19.1 Å². The molecule has 1 aromatic carbocycles. The lowest BCUT2D eigenvalue weighted by atomic mass is 9.87. The number of piperidine rings is 1. The quantitative estimate of drug-likeness (QED) is 0.626. The first-order chi connectivity index (χ1) is 11.6. The Morgan fingerprint density at radius 2 is 1.96 bits per heavy atom. The Hall–Kier alpha value is -2.14. The molecular weight excluding hydrogens is 306 g/mol. The minimum Gasteiger partial charge on any atom is -0.469 e. The van der Waals surface area contributed by atoms with Crippen LogP contribution in [0.2, 0.25) is 0 Å². The first-order valence-electron chi connectivity index (χ1n) is 8.33. The summed E-state index contributed by atoms with van der Waals surface area (Å²) in [6, 6.07) is 10.0. The molecule has 2 aliphatic rings. The molecule has 3 rings (SSSR count). The molecule has 2 aliphatic heterocycles. The molecule has 5 heteroatoms. The predicted octanol–water partition coefficient (Wildman–Crippen LogP) is 2.27. The van der Waals surface area contributed by atoms with E-state index >= 15 is 0 Å². The van der Waals surface area contributed by atoms with E-state index in [1.807, 2.05) is 37.4 Å². The van der Waals surface area contributed by atoms with E-state index < -0.39 is 18.0 Å². The maximum absolute atomic E-state index is 12.2. The summed E-state index contributed by atoms with van der Waals surface area (Å²) in [6.45, 7) is 0. The van der Waals surface area contributed by atoms with Gasteiger partial charge in [-0.25, -0.2) is 4.79 Å². The zero-order valence-electron chi connectivity index (χ0n) is 14.1. The standard InChI is InChI=1S/C19H23NO4/c1-20-14-9-10-15(20)18(19(22)23-2)16(12-14)24-17(21)11-8-13-6-4-3-5-7-13/h3-8,11,14-16,18H,9-10,12H2,1-2H3/b11-8-/t14-,15+,16-,18+/m0/s1. The number of esters is 2. The number of hydrogen-bond donors (Lipinski definition) is 0. The minimum absolute atomic E-state index is 0.0899. The number of ether oxygens (including phenoxy) is 2. The zero-order valence-corrected chi connectivity index (χ0v) is 14.1. The average molecular weight is 329 g/mol. The van der Waals surface area contributed by atoms with Crippen molar-refractivity contribution in [1.82, 2.24) is 4.90 Å². The number of benzene rings is 1. The van der Waals surface area contributed by atoms with Crippen LogP contribution in [0, 0.1) is 5.92 Å². The number of rotatable bonds is 4. The van der Waals surface area contributed by atoms with Crippen LogP contribution in [-0.4, -0.2) is 49.2 Å². The van der Waals surface area contributed by atoms with Gasteiger partial charge in [-0.3, -0.25) is 9.69 Å². The highest BCUT2D eigenvalue weighted by molar-refractivity contribution is 5.87. The van der Waals surface area contributed by atoms with Crippen LogP contribution in [0.15, 0.2) is 36.4 Å². The lowest BCUT2D eigenvalue weighted by molar-refractivity contribution is -0.165. The molecule has 0 saturated carbocycles. The van der Waals surface area contributed by atoms with E-state index in [4.69, 9.17) is 9.47 Å². The van der Waals surface area contributed by atoms with E-state index in [2.05, 4.69) is 4.90 Å². The Morgan fingerprint density at radius 1 is 1.21 bits per heavy atom. The third-order valence-electron chi connectivity index (χ3n) is 5.17. The van der Waals surface area contributed by atoms with Crippen molar-refractivity contribution in [2.24, 2.45) is 5.92 Å². The molecule has 2 bridgehead atoms. The molecule has 0 unspecified atom stereocenters. The molecule has 0 N–H and O–H groups in total. The van der Waals surface area contributed by atoms with Crippen molar-refractivity contribution in [3.63, 3.8) is 0 Å². The van der Waals surface area contributed by atoms with Gasteiger partial charge in [-0.1, -0.05) is 30.3 Å². The van der Waals surface area contributed by atoms with E-state index in [-0.39, 0.29) is 12.0 Å². The van der Waals surface area contributed by atoms with Crippen LogP contribution >= 0.6 is 0 Å². The highest BCUT2D eigenvalue weighted by Gasteiger charge is 2.50. The van der Waals surface area contributed by atoms with Gasteiger partial charge in [0.2, 0.25) is 0 Å². The van der Waals surface area contributed by atoms with Gasteiger partial charge in [-0.05, 0) is 31.5 Å². The second kappa shape index (κ2) is 7.18. The molecule has 24 heavy (non-hydrogen) atoms. The monoisotopic (exact) mass is 329 g/mol. The summed E-state index contributed by atoms with van der Waals surface area (Å²) in [4.78, 5) is 26.6. The van der Waals surface area contributed by atoms with Gasteiger partial charge in [0.1, 0.15) is 12.0 Å². The lowest BCUT2D eigenvalue weighted by Crippen LogP contribution is -2.53. The van der Waals surface area contributed by atoms with E-state index in [9.17, 15) is 9.59 Å². The first-order valence-corrected chi connectivity index (χ1v) is 8.33. The SMILES string of the molecule is COC(=O)[C@H]1[C@@H](OC(=O)/C=C\c2ccccc2)C[C@@H]2CC[C@H]1N2C. The topological polar surface area (TPSA) is 55.8 Å². The number of nitrogens with zero attached hydrogens (tertiary/aromatic N) is 1. The van der Waals surface area contributed by atoms with Gasteiger partial charge in [-0.2, -0.15) is 0 Å². The van der Waals surface area contributed by atoms with Crippen LogP contribution in [0.25, 0.3) is 6.08 Å². The second-order valence-electron chi connectivity index (χ2n) is 6.47. The van der Waals surface area contributed by atoms with Crippen LogP contribution in [0.5, 0.6) is 0 Å².